The maximum atomic E-state index is 12.0. The summed E-state index contributed by atoms with van der Waals surface area (Å²) in [5.41, 5.74) is -0.154. The van der Waals surface area contributed by atoms with Crippen LogP contribution in [0.25, 0.3) is 0 Å². The van der Waals surface area contributed by atoms with Crippen LogP contribution in [0.2, 0.25) is 0 Å². The molecule has 62 valence electrons. The van der Waals surface area contributed by atoms with Crippen LogP contribution < -0.4 is 0 Å². The Balaban J connectivity index is 2.82. The van der Waals surface area contributed by atoms with Gasteiger partial charge >= 0.3 is 0 Å². The summed E-state index contributed by atoms with van der Waals surface area (Å²) in [6.45, 7) is 3.83. The molecule has 0 spiro atoms. The summed E-state index contributed by atoms with van der Waals surface area (Å²) in [6, 6.07) is 0.190. The third kappa shape index (κ3) is 1.76. The summed E-state index contributed by atoms with van der Waals surface area (Å²) in [7, 11) is 0. The number of hydrogen-bond donors (Lipinski definition) is 0. The molecule has 0 radical (unpaired) electrons. The summed E-state index contributed by atoms with van der Waals surface area (Å²) in [5.74, 6) is 0. The van der Waals surface area contributed by atoms with Gasteiger partial charge in [0.2, 0.25) is 0 Å². The summed E-state index contributed by atoms with van der Waals surface area (Å²) in [6.07, 6.45) is 0.330. The Kier molecular flexibility index (Phi) is 2.22. The van der Waals surface area contributed by atoms with Crippen molar-refractivity contribution in [3.63, 3.8) is 0 Å². The molecule has 0 atom stereocenters. The van der Waals surface area contributed by atoms with Gasteiger partial charge in [0, 0.05) is 12.2 Å². The molecule has 0 saturated carbocycles. The van der Waals surface area contributed by atoms with Crippen LogP contribution in [0.5, 0.6) is 0 Å². The summed E-state index contributed by atoms with van der Waals surface area (Å²) in [4.78, 5) is 3.55. The van der Waals surface area contributed by atoms with Crippen LogP contribution in [0.3, 0.4) is 0 Å². The fourth-order valence-corrected chi connectivity index (χ4v) is 0.748. The Morgan fingerprint density at radius 1 is 1.45 bits per heavy atom. The maximum absolute atomic E-state index is 12.0. The molecule has 0 fully saturated rings. The molecule has 0 unspecified atom stereocenters. The quantitative estimate of drug-likeness (QED) is 0.649. The van der Waals surface area contributed by atoms with Crippen LogP contribution in [0, 0.1) is 0 Å². The highest BCUT2D eigenvalue weighted by Gasteiger charge is 2.10. The van der Waals surface area contributed by atoms with E-state index in [1.807, 2.05) is 13.8 Å². The largest absolute Gasteiger partial charge is 0.334 e. The molecule has 0 bridgehead atoms. The van der Waals surface area contributed by atoms with Crippen molar-refractivity contribution in [2.24, 2.45) is 0 Å². The minimum Gasteiger partial charge on any atom is -0.334 e. The minimum absolute atomic E-state index is 0.154. The van der Waals surface area contributed by atoms with Gasteiger partial charge in [0.15, 0.2) is 0 Å². The van der Waals surface area contributed by atoms with Gasteiger partial charge in [-0.15, -0.1) is 0 Å². The Labute approximate surface area is 63.9 Å². The van der Waals surface area contributed by atoms with Gasteiger partial charge in [0.25, 0.3) is 6.43 Å². The molecule has 0 N–H and O–H groups in total. The SMILES string of the molecule is CC(C)n1cnc(C(F)F)c1. The van der Waals surface area contributed by atoms with Gasteiger partial charge in [-0.1, -0.05) is 0 Å². The molecular weight excluding hydrogens is 150 g/mol. The highest BCUT2D eigenvalue weighted by Crippen LogP contribution is 2.17. The average Bonchev–Trinajstić information content (AvgIpc) is 2.33. The first kappa shape index (κ1) is 8.17. The first-order valence-electron chi connectivity index (χ1n) is 3.42. The van der Waals surface area contributed by atoms with Gasteiger partial charge in [0.1, 0.15) is 5.69 Å². The van der Waals surface area contributed by atoms with Crippen LogP contribution in [0.4, 0.5) is 8.78 Å². The van der Waals surface area contributed by atoms with E-state index in [1.165, 1.54) is 12.5 Å². The number of imidazole rings is 1. The number of rotatable bonds is 2. The normalized spacial score (nSPS) is 11.5. The van der Waals surface area contributed by atoms with Gasteiger partial charge in [-0.25, -0.2) is 13.8 Å². The van der Waals surface area contributed by atoms with Crippen LogP contribution >= 0.6 is 0 Å². The topological polar surface area (TPSA) is 17.8 Å². The van der Waals surface area contributed by atoms with Crippen molar-refractivity contribution in [1.29, 1.82) is 0 Å². The molecule has 1 rings (SSSR count). The van der Waals surface area contributed by atoms with Crippen LogP contribution in [-0.4, -0.2) is 9.55 Å². The molecule has 0 amide bonds. The lowest BCUT2D eigenvalue weighted by Gasteiger charge is -2.03. The van der Waals surface area contributed by atoms with Gasteiger partial charge < -0.3 is 4.57 Å². The Bertz CT molecular complexity index is 208. The van der Waals surface area contributed by atoms with Crippen molar-refractivity contribution in [1.82, 2.24) is 9.55 Å². The summed E-state index contributed by atoms with van der Waals surface area (Å²) in [5, 5.41) is 0. The zero-order valence-corrected chi connectivity index (χ0v) is 6.46. The molecule has 1 aromatic rings. The molecular formula is C7H10F2N2. The lowest BCUT2D eigenvalue weighted by atomic mass is 10.4. The number of alkyl halides is 2. The fourth-order valence-electron chi connectivity index (χ4n) is 0.748. The zero-order chi connectivity index (χ0) is 8.43. The lowest BCUT2D eigenvalue weighted by Crippen LogP contribution is -1.95. The third-order valence-corrected chi connectivity index (χ3v) is 1.44. The summed E-state index contributed by atoms with van der Waals surface area (Å²) < 4.78 is 25.6. The first-order chi connectivity index (χ1) is 5.11. The van der Waals surface area contributed by atoms with Crippen molar-refractivity contribution < 1.29 is 8.78 Å². The van der Waals surface area contributed by atoms with Crippen molar-refractivity contribution in [2.45, 2.75) is 26.3 Å². The van der Waals surface area contributed by atoms with Crippen LogP contribution in [0.1, 0.15) is 32.0 Å². The van der Waals surface area contributed by atoms with E-state index < -0.39 is 6.43 Å². The molecule has 1 aromatic heterocycles. The van der Waals surface area contributed by atoms with Gasteiger partial charge in [0.05, 0.1) is 6.33 Å². The minimum atomic E-state index is -2.46. The molecule has 1 heterocycles. The molecule has 0 aliphatic heterocycles. The predicted molar refractivity (Wildman–Crippen MR) is 37.6 cm³/mol. The van der Waals surface area contributed by atoms with E-state index in [9.17, 15) is 8.78 Å². The number of aromatic nitrogens is 2. The number of halogens is 2. The highest BCUT2D eigenvalue weighted by molar-refractivity contribution is 4.98. The van der Waals surface area contributed by atoms with E-state index in [0.717, 1.165) is 0 Å². The second-order valence-corrected chi connectivity index (χ2v) is 2.64. The average molecular weight is 160 g/mol. The fraction of sp³-hybridized carbons (Fsp3) is 0.571. The van der Waals surface area contributed by atoms with Crippen molar-refractivity contribution in [3.05, 3.63) is 18.2 Å². The van der Waals surface area contributed by atoms with Crippen molar-refractivity contribution in [3.8, 4) is 0 Å². The standard InChI is InChI=1S/C7H10F2N2/c1-5(2)11-3-6(7(8)9)10-4-11/h3-5,7H,1-2H3. The van der Waals surface area contributed by atoms with E-state index in [-0.39, 0.29) is 11.7 Å². The van der Waals surface area contributed by atoms with Crippen molar-refractivity contribution in [2.75, 3.05) is 0 Å². The second kappa shape index (κ2) is 2.98. The van der Waals surface area contributed by atoms with Crippen molar-refractivity contribution >= 4 is 0 Å². The monoisotopic (exact) mass is 160 g/mol. The predicted octanol–water partition coefficient (Wildman–Crippen LogP) is 2.40. The summed E-state index contributed by atoms with van der Waals surface area (Å²) >= 11 is 0. The van der Waals surface area contributed by atoms with Gasteiger partial charge in [-0.3, -0.25) is 0 Å². The molecule has 2 nitrogen and oxygen atoms in total. The Morgan fingerprint density at radius 3 is 2.36 bits per heavy atom. The number of nitrogens with zero attached hydrogens (tertiary/aromatic N) is 2. The van der Waals surface area contributed by atoms with Crippen LogP contribution in [0.15, 0.2) is 12.5 Å². The Morgan fingerprint density at radius 2 is 2.09 bits per heavy atom. The van der Waals surface area contributed by atoms with E-state index in [4.69, 9.17) is 0 Å². The van der Waals surface area contributed by atoms with E-state index in [2.05, 4.69) is 4.98 Å². The van der Waals surface area contributed by atoms with Crippen LogP contribution in [-0.2, 0) is 0 Å². The number of hydrogen-bond acceptors (Lipinski definition) is 1. The molecule has 0 saturated heterocycles. The van der Waals surface area contributed by atoms with Gasteiger partial charge in [-0.05, 0) is 13.8 Å². The van der Waals surface area contributed by atoms with Gasteiger partial charge in [-0.2, -0.15) is 0 Å². The van der Waals surface area contributed by atoms with E-state index in [0.29, 0.717) is 0 Å². The third-order valence-electron chi connectivity index (χ3n) is 1.44. The van der Waals surface area contributed by atoms with E-state index >= 15 is 0 Å². The van der Waals surface area contributed by atoms with E-state index in [1.54, 1.807) is 4.57 Å². The molecule has 11 heavy (non-hydrogen) atoms. The lowest BCUT2D eigenvalue weighted by molar-refractivity contribution is 0.146. The maximum Gasteiger partial charge on any atom is 0.281 e. The highest BCUT2D eigenvalue weighted by atomic mass is 19.3. The zero-order valence-electron chi connectivity index (χ0n) is 6.46. The Hall–Kier alpha value is -0.930. The second-order valence-electron chi connectivity index (χ2n) is 2.64. The molecule has 0 aromatic carbocycles. The molecule has 4 heteroatoms. The first-order valence-corrected chi connectivity index (χ1v) is 3.42. The molecule has 0 aliphatic carbocycles. The molecule has 0 aliphatic rings. The smallest absolute Gasteiger partial charge is 0.281 e.